The van der Waals surface area contributed by atoms with E-state index in [1.807, 2.05) is 30.9 Å². The van der Waals surface area contributed by atoms with E-state index in [-0.39, 0.29) is 0 Å². The van der Waals surface area contributed by atoms with Crippen molar-refractivity contribution in [2.24, 2.45) is 19.8 Å². The van der Waals surface area contributed by atoms with Gasteiger partial charge in [0.15, 0.2) is 0 Å². The Kier molecular flexibility index (Phi) is 2.91. The van der Waals surface area contributed by atoms with Crippen molar-refractivity contribution < 1.29 is 0 Å². The molecule has 0 radical (unpaired) electrons. The van der Waals surface area contributed by atoms with Gasteiger partial charge in [0.2, 0.25) is 0 Å². The molecule has 0 fully saturated rings. The number of nitrogens with two attached hydrogens (primary N) is 1. The first-order valence-corrected chi connectivity index (χ1v) is 5.13. The lowest BCUT2D eigenvalue weighted by Gasteiger charge is -2.06. The van der Waals surface area contributed by atoms with E-state index < -0.39 is 0 Å². The van der Waals surface area contributed by atoms with Gasteiger partial charge in [-0.05, 0) is 6.07 Å². The summed E-state index contributed by atoms with van der Waals surface area (Å²) in [4.78, 5) is 4.20. The average molecular weight is 220 g/mol. The van der Waals surface area contributed by atoms with E-state index in [0.29, 0.717) is 13.1 Å². The van der Waals surface area contributed by atoms with Crippen LogP contribution in [0.15, 0.2) is 18.5 Å². The first-order chi connectivity index (χ1) is 7.70. The summed E-state index contributed by atoms with van der Waals surface area (Å²) in [6.45, 7) is 1.13. The van der Waals surface area contributed by atoms with Gasteiger partial charge in [0.05, 0.1) is 25.0 Å². The topological polar surface area (TPSA) is 73.7 Å². The van der Waals surface area contributed by atoms with Crippen LogP contribution in [0.5, 0.6) is 0 Å². The van der Waals surface area contributed by atoms with Crippen LogP contribution in [-0.4, -0.2) is 19.3 Å². The number of hydrogen-bond acceptors (Lipinski definition) is 4. The summed E-state index contributed by atoms with van der Waals surface area (Å²) < 4.78 is 3.73. The van der Waals surface area contributed by atoms with Gasteiger partial charge in [-0.3, -0.25) is 4.68 Å². The zero-order valence-electron chi connectivity index (χ0n) is 9.51. The lowest BCUT2D eigenvalue weighted by molar-refractivity contribution is 0.744. The highest BCUT2D eigenvalue weighted by atomic mass is 15.3. The van der Waals surface area contributed by atoms with E-state index in [2.05, 4.69) is 15.4 Å². The fourth-order valence-electron chi connectivity index (χ4n) is 1.54. The molecule has 6 nitrogen and oxygen atoms in total. The molecule has 2 aromatic rings. The van der Waals surface area contributed by atoms with E-state index >= 15 is 0 Å². The summed E-state index contributed by atoms with van der Waals surface area (Å²) in [7, 11) is 3.84. The quantitative estimate of drug-likeness (QED) is 0.773. The van der Waals surface area contributed by atoms with Gasteiger partial charge >= 0.3 is 0 Å². The van der Waals surface area contributed by atoms with Crippen molar-refractivity contribution in [2.45, 2.75) is 13.1 Å². The molecule has 0 aliphatic heterocycles. The average Bonchev–Trinajstić information content (AvgIpc) is 2.83. The molecule has 0 aromatic carbocycles. The van der Waals surface area contributed by atoms with Crippen molar-refractivity contribution in [3.05, 3.63) is 30.0 Å². The molecule has 0 bridgehead atoms. The molecule has 2 aromatic heterocycles. The normalized spacial score (nSPS) is 10.7. The van der Waals surface area contributed by atoms with Crippen molar-refractivity contribution in [1.29, 1.82) is 0 Å². The fraction of sp³-hybridized carbons (Fsp3) is 0.400. The number of aryl methyl sites for hydroxylation is 1. The third-order valence-electron chi connectivity index (χ3n) is 2.49. The number of nitrogens with one attached hydrogen (secondary N) is 1. The summed E-state index contributed by atoms with van der Waals surface area (Å²) in [5, 5.41) is 7.55. The van der Waals surface area contributed by atoms with Crippen molar-refractivity contribution in [3.63, 3.8) is 0 Å². The molecule has 0 aliphatic carbocycles. The highest BCUT2D eigenvalue weighted by Gasteiger charge is 2.04. The van der Waals surface area contributed by atoms with Crippen LogP contribution in [0.4, 0.5) is 5.82 Å². The van der Waals surface area contributed by atoms with Crippen molar-refractivity contribution in [1.82, 2.24) is 19.3 Å². The predicted octanol–water partition coefficient (Wildman–Crippen LogP) is 0.224. The highest BCUT2D eigenvalue weighted by Crippen LogP contribution is 2.09. The lowest BCUT2D eigenvalue weighted by atomic mass is 10.4. The van der Waals surface area contributed by atoms with Gasteiger partial charge in [-0.1, -0.05) is 0 Å². The molecule has 0 unspecified atom stereocenters. The van der Waals surface area contributed by atoms with Crippen LogP contribution < -0.4 is 11.1 Å². The van der Waals surface area contributed by atoms with Crippen molar-refractivity contribution in [2.75, 3.05) is 5.32 Å². The summed E-state index contributed by atoms with van der Waals surface area (Å²) in [5.41, 5.74) is 6.55. The Morgan fingerprint density at radius 2 is 2.25 bits per heavy atom. The molecule has 0 aliphatic rings. The zero-order chi connectivity index (χ0) is 11.5. The predicted molar refractivity (Wildman–Crippen MR) is 61.6 cm³/mol. The van der Waals surface area contributed by atoms with Crippen molar-refractivity contribution >= 4 is 5.82 Å². The van der Waals surface area contributed by atoms with Gasteiger partial charge in [0.25, 0.3) is 0 Å². The molecule has 3 N–H and O–H groups in total. The minimum Gasteiger partial charge on any atom is -0.364 e. The van der Waals surface area contributed by atoms with Gasteiger partial charge in [0.1, 0.15) is 11.6 Å². The Hall–Kier alpha value is -1.82. The fourth-order valence-corrected chi connectivity index (χ4v) is 1.54. The molecule has 0 atom stereocenters. The maximum atomic E-state index is 5.55. The van der Waals surface area contributed by atoms with Crippen LogP contribution in [-0.2, 0) is 27.2 Å². The molecular weight excluding hydrogens is 204 g/mol. The molecule has 0 saturated carbocycles. The Morgan fingerprint density at radius 1 is 1.44 bits per heavy atom. The van der Waals surface area contributed by atoms with E-state index in [9.17, 15) is 0 Å². The Balaban J connectivity index is 2.02. The molecular formula is C10H16N6. The first-order valence-electron chi connectivity index (χ1n) is 5.13. The van der Waals surface area contributed by atoms with Crippen LogP contribution in [0.25, 0.3) is 0 Å². The Morgan fingerprint density at radius 3 is 2.81 bits per heavy atom. The molecule has 2 heterocycles. The second-order valence-electron chi connectivity index (χ2n) is 3.66. The number of rotatable bonds is 4. The van der Waals surface area contributed by atoms with Crippen molar-refractivity contribution in [3.8, 4) is 0 Å². The number of hydrogen-bond donors (Lipinski definition) is 2. The molecule has 0 spiro atoms. The SMILES string of the molecule is Cn1ccc(CNc2cnc(CN)n2C)n1. The third kappa shape index (κ3) is 2.06. The molecule has 6 heteroatoms. The highest BCUT2D eigenvalue weighted by molar-refractivity contribution is 5.35. The molecule has 0 saturated heterocycles. The maximum Gasteiger partial charge on any atom is 0.126 e. The molecule has 2 rings (SSSR count). The molecule has 86 valence electrons. The smallest absolute Gasteiger partial charge is 0.126 e. The lowest BCUT2D eigenvalue weighted by Crippen LogP contribution is -2.09. The number of aromatic nitrogens is 4. The maximum absolute atomic E-state index is 5.55. The minimum atomic E-state index is 0.446. The third-order valence-corrected chi connectivity index (χ3v) is 2.49. The van der Waals surface area contributed by atoms with E-state index in [0.717, 1.165) is 17.3 Å². The second kappa shape index (κ2) is 4.36. The number of imidazole rings is 1. The van der Waals surface area contributed by atoms with E-state index in [1.54, 1.807) is 10.9 Å². The van der Waals surface area contributed by atoms with Crippen LogP contribution in [0.2, 0.25) is 0 Å². The minimum absolute atomic E-state index is 0.446. The van der Waals surface area contributed by atoms with Gasteiger partial charge in [-0.15, -0.1) is 0 Å². The van der Waals surface area contributed by atoms with Crippen LogP contribution in [0, 0.1) is 0 Å². The van der Waals surface area contributed by atoms with Crippen LogP contribution in [0.3, 0.4) is 0 Å². The molecule has 0 amide bonds. The monoisotopic (exact) mass is 220 g/mol. The van der Waals surface area contributed by atoms with Gasteiger partial charge in [0, 0.05) is 20.3 Å². The molecule has 16 heavy (non-hydrogen) atoms. The largest absolute Gasteiger partial charge is 0.364 e. The first kappa shape index (κ1) is 10.7. The van der Waals surface area contributed by atoms with Crippen LogP contribution >= 0.6 is 0 Å². The summed E-state index contributed by atoms with van der Waals surface area (Å²) in [6, 6.07) is 1.98. The second-order valence-corrected chi connectivity index (χ2v) is 3.66. The number of nitrogens with zero attached hydrogens (tertiary/aromatic N) is 4. The van der Waals surface area contributed by atoms with E-state index in [1.165, 1.54) is 0 Å². The summed E-state index contributed by atoms with van der Waals surface area (Å²) >= 11 is 0. The summed E-state index contributed by atoms with van der Waals surface area (Å²) in [6.07, 6.45) is 3.71. The summed E-state index contributed by atoms with van der Waals surface area (Å²) in [5.74, 6) is 1.81. The number of anilines is 1. The standard InChI is InChI=1S/C10H16N6/c1-15-4-3-8(14-15)6-12-10-7-13-9(5-11)16(10)2/h3-4,7,12H,5-6,11H2,1-2H3. The Labute approximate surface area is 94.1 Å². The Bertz CT molecular complexity index is 469. The van der Waals surface area contributed by atoms with Gasteiger partial charge in [-0.2, -0.15) is 5.10 Å². The van der Waals surface area contributed by atoms with E-state index in [4.69, 9.17) is 5.73 Å². The van der Waals surface area contributed by atoms with Crippen LogP contribution in [0.1, 0.15) is 11.5 Å². The van der Waals surface area contributed by atoms with Gasteiger partial charge < -0.3 is 15.6 Å². The van der Waals surface area contributed by atoms with Gasteiger partial charge in [-0.25, -0.2) is 4.98 Å². The zero-order valence-corrected chi connectivity index (χ0v) is 9.51.